The Hall–Kier alpha value is -7.07. The van der Waals surface area contributed by atoms with Gasteiger partial charge in [-0.3, -0.25) is 15.5 Å². The van der Waals surface area contributed by atoms with Crippen molar-refractivity contribution in [2.45, 2.75) is 97.7 Å². The molecule has 2 fully saturated rings. The van der Waals surface area contributed by atoms with Crippen LogP contribution in [0.25, 0.3) is 32.9 Å². The number of alkyl halides is 1. The van der Waals surface area contributed by atoms with Crippen LogP contribution < -0.4 is 30.7 Å². The number of ether oxygens (including phenoxy) is 6. The monoisotopic (exact) mass is 1270 g/mol. The van der Waals surface area contributed by atoms with Crippen LogP contribution in [0, 0.1) is 13.8 Å². The molecule has 0 aliphatic carbocycles. The molecule has 2 aliphatic rings. The average molecular weight is 1270 g/mol. The van der Waals surface area contributed by atoms with Crippen molar-refractivity contribution >= 4 is 79.2 Å². The van der Waals surface area contributed by atoms with Crippen LogP contribution in [0.2, 0.25) is 0 Å². The fourth-order valence-corrected chi connectivity index (χ4v) is 10.0. The van der Waals surface area contributed by atoms with Crippen LogP contribution >= 0.6 is 22.6 Å². The van der Waals surface area contributed by atoms with Crippen molar-refractivity contribution in [2.75, 3.05) is 99.2 Å². The van der Waals surface area contributed by atoms with E-state index in [1.165, 1.54) is 19.3 Å². The Morgan fingerprint density at radius 1 is 0.576 bits per heavy atom. The first kappa shape index (κ1) is 63.9. The molecule has 2 atom stereocenters. The predicted octanol–water partition coefficient (Wildman–Crippen LogP) is 14.3. The minimum atomic E-state index is -0.347. The minimum absolute atomic E-state index is 0.0941. The average Bonchev–Trinajstić information content (AvgIpc) is 3.64. The smallest absolute Gasteiger partial charge is 0.324 e. The predicted molar refractivity (Wildman–Crippen MR) is 351 cm³/mol. The van der Waals surface area contributed by atoms with Gasteiger partial charge in [0.2, 0.25) is 0 Å². The van der Waals surface area contributed by atoms with E-state index in [-0.39, 0.29) is 29.0 Å². The van der Waals surface area contributed by atoms with E-state index in [0.717, 1.165) is 104 Å². The molecule has 2 saturated heterocycles. The first-order valence-electron chi connectivity index (χ1n) is 29.2. The maximum Gasteiger partial charge on any atom is 0.324 e. The molecule has 452 valence electrons. The number of morpholine rings is 1. The Labute approximate surface area is 514 Å². The Morgan fingerprint density at radius 3 is 1.48 bits per heavy atom. The van der Waals surface area contributed by atoms with Gasteiger partial charge >= 0.3 is 12.1 Å². The van der Waals surface area contributed by atoms with Crippen molar-refractivity contribution in [2.24, 2.45) is 0 Å². The molecule has 0 spiro atoms. The van der Waals surface area contributed by atoms with Crippen LogP contribution in [0.15, 0.2) is 133 Å². The van der Waals surface area contributed by atoms with Crippen LogP contribution in [-0.4, -0.2) is 127 Å². The largest absolute Gasteiger partial charge is 0.492 e. The molecule has 2 aromatic heterocycles. The number of rotatable bonds is 17. The second-order valence-corrected chi connectivity index (χ2v) is 24.5. The second-order valence-electron chi connectivity index (χ2n) is 23.4. The molecule has 4 heterocycles. The Bertz CT molecular complexity index is 3430. The molecule has 6 aromatic carbocycles. The highest BCUT2D eigenvalue weighted by molar-refractivity contribution is 14.1. The highest BCUT2D eigenvalue weighted by atomic mass is 127. The lowest BCUT2D eigenvalue weighted by atomic mass is 9.92. The Balaban J connectivity index is 0.000000196. The number of benzene rings is 6. The van der Waals surface area contributed by atoms with E-state index in [2.05, 4.69) is 90.3 Å². The van der Waals surface area contributed by atoms with Crippen molar-refractivity contribution in [3.05, 3.63) is 156 Å². The number of urea groups is 2. The van der Waals surface area contributed by atoms with E-state index < -0.39 is 0 Å². The first-order chi connectivity index (χ1) is 40.9. The van der Waals surface area contributed by atoms with Gasteiger partial charge in [-0.1, -0.05) is 148 Å². The number of carbonyl (C=O) groups excluding carboxylic acids is 2. The molecule has 2 unspecified atom stereocenters. The topological polar surface area (TPSA) is 177 Å². The summed E-state index contributed by atoms with van der Waals surface area (Å²) in [5, 5.41) is 25.4. The zero-order valence-corrected chi connectivity index (χ0v) is 53.1. The Kier molecular flexibility index (Phi) is 22.8. The third kappa shape index (κ3) is 18.0. The van der Waals surface area contributed by atoms with Crippen molar-refractivity contribution in [1.29, 1.82) is 0 Å². The molecule has 0 radical (unpaired) electrons. The van der Waals surface area contributed by atoms with E-state index in [0.29, 0.717) is 55.5 Å². The van der Waals surface area contributed by atoms with E-state index in [4.69, 9.17) is 38.6 Å². The Morgan fingerprint density at radius 2 is 1.04 bits per heavy atom. The summed E-state index contributed by atoms with van der Waals surface area (Å²) < 4.78 is 37.9. The zero-order valence-electron chi connectivity index (χ0n) is 50.9. The molecule has 4 N–H and O–H groups in total. The minimum Gasteiger partial charge on any atom is -0.492 e. The number of halogens is 1. The summed E-state index contributed by atoms with van der Waals surface area (Å²) in [7, 11) is 3.42. The van der Waals surface area contributed by atoms with Gasteiger partial charge < -0.3 is 39.1 Å². The van der Waals surface area contributed by atoms with E-state index >= 15 is 0 Å². The molecule has 8 aromatic rings. The molecule has 0 bridgehead atoms. The van der Waals surface area contributed by atoms with Gasteiger partial charge in [0.05, 0.1) is 72.8 Å². The fraction of sp³-hybridized carbons (Fsp3) is 0.403. The number of anilines is 4. The van der Waals surface area contributed by atoms with Gasteiger partial charge in [-0.2, -0.15) is 10.2 Å². The normalized spacial score (nSPS) is 15.5. The van der Waals surface area contributed by atoms with Gasteiger partial charge in [0.15, 0.2) is 0 Å². The molecule has 4 amide bonds. The van der Waals surface area contributed by atoms with Crippen LogP contribution in [0.3, 0.4) is 0 Å². The third-order valence-electron chi connectivity index (χ3n) is 14.5. The summed E-state index contributed by atoms with van der Waals surface area (Å²) in [5.41, 5.74) is 6.94. The van der Waals surface area contributed by atoms with Crippen molar-refractivity contribution in [3.8, 4) is 22.9 Å². The molecule has 85 heavy (non-hydrogen) atoms. The summed E-state index contributed by atoms with van der Waals surface area (Å²) in [4.78, 5) is 28.7. The number of aromatic nitrogens is 4. The number of nitrogens with one attached hydrogen (secondary N) is 4. The van der Waals surface area contributed by atoms with E-state index in [1.54, 1.807) is 23.6 Å². The summed E-state index contributed by atoms with van der Waals surface area (Å²) in [6, 6.07) is 42.7. The van der Waals surface area contributed by atoms with Crippen LogP contribution in [0.5, 0.6) is 11.5 Å². The van der Waals surface area contributed by atoms with Crippen molar-refractivity contribution in [3.63, 3.8) is 0 Å². The summed E-state index contributed by atoms with van der Waals surface area (Å²) in [6.45, 7) is 23.4. The van der Waals surface area contributed by atoms with Gasteiger partial charge in [0.25, 0.3) is 0 Å². The maximum absolute atomic E-state index is 13.3. The third-order valence-corrected chi connectivity index (χ3v) is 14.9. The lowest BCUT2D eigenvalue weighted by Crippen LogP contribution is -2.45. The van der Waals surface area contributed by atoms with Crippen LogP contribution in [0.4, 0.5) is 32.6 Å². The van der Waals surface area contributed by atoms with Gasteiger partial charge in [-0.15, -0.1) is 0 Å². The van der Waals surface area contributed by atoms with Crippen molar-refractivity contribution < 1.29 is 38.0 Å². The second kappa shape index (κ2) is 30.3. The van der Waals surface area contributed by atoms with Gasteiger partial charge in [-0.05, 0) is 81.6 Å². The summed E-state index contributed by atoms with van der Waals surface area (Å²) in [6.07, 6.45) is 4.17. The summed E-state index contributed by atoms with van der Waals surface area (Å²) >= 11 is 2.29. The fourth-order valence-electron chi connectivity index (χ4n) is 9.82. The van der Waals surface area contributed by atoms with Crippen LogP contribution in [0.1, 0.15) is 83.3 Å². The number of nitrogens with zero attached hydrogens (tertiary/aromatic N) is 5. The molecular weight excluding hydrogens is 1190 g/mol. The van der Waals surface area contributed by atoms with E-state index in [9.17, 15) is 9.59 Å². The number of hydrogen-bond donors (Lipinski definition) is 4. The highest BCUT2D eigenvalue weighted by Gasteiger charge is 2.25. The molecular formula is C67H84IN9O8. The lowest BCUT2D eigenvalue weighted by Gasteiger charge is -2.32. The van der Waals surface area contributed by atoms with Crippen LogP contribution in [-0.2, 0) is 29.8 Å². The molecule has 2 aliphatic heterocycles. The van der Waals surface area contributed by atoms with Gasteiger partial charge in [-0.25, -0.2) is 19.0 Å². The van der Waals surface area contributed by atoms with Crippen molar-refractivity contribution in [1.82, 2.24) is 24.5 Å². The number of carbonyl (C=O) groups is 2. The first-order valence-corrected chi connectivity index (χ1v) is 30.7. The SMILES string of the molecule is COCC1CCCCO1.COCC1CN(CCOc2ccc(NC(=O)Nc3cc(C(C)(C)C)nn3-c3ccc(C)cc3)c3ccccc23)CCO1.Cc1ccc(-n2nc(C(C)(C)C)cc2NC(=O)Nc2ccc(OCCI)c3ccccc23)cc1. The summed E-state index contributed by atoms with van der Waals surface area (Å²) in [5.74, 6) is 2.80. The van der Waals surface area contributed by atoms with E-state index in [1.807, 2.05) is 147 Å². The molecule has 17 nitrogen and oxygen atoms in total. The number of methoxy groups -OCH3 is 2. The number of fused-ring (bicyclic) bond motifs is 2. The quantitative estimate of drug-likeness (QED) is 0.0504. The molecule has 0 saturated carbocycles. The van der Waals surface area contributed by atoms with Gasteiger partial charge in [0, 0.05) is 89.4 Å². The van der Waals surface area contributed by atoms with Gasteiger partial charge in [0.1, 0.15) is 29.7 Å². The lowest BCUT2D eigenvalue weighted by molar-refractivity contribution is -0.0627. The zero-order chi connectivity index (χ0) is 60.5. The highest BCUT2D eigenvalue weighted by Crippen LogP contribution is 2.35. The molecule has 18 heteroatoms. The standard InChI is InChI=1S/C33H41N5O4.C27H29IN4O2.C7H14O2/c1-23-10-12-24(13-11-23)38-31(20-30(36-38)33(2,3)4)35-32(39)34-28-14-15-29(27-9-7-6-8-26(27)28)42-19-17-37-16-18-41-25(21-37)22-40-5;1-18-9-11-19(12-10-18)32-25(17-24(31-32)27(2,3)4)30-26(33)29-22-13-14-23(34-16-15-28)21-8-6-5-7-20(21)22;1-8-6-7-4-2-3-5-9-7/h6-15,20,25H,16-19,21-22H2,1-5H3,(H2,34,35,39);5-14,17H,15-16H2,1-4H3,(H2,29,30,33);7H,2-6H2,1H3. The number of amides is 4. The number of aryl methyl sites for hydroxylation is 2. The maximum atomic E-state index is 13.3. The molecule has 10 rings (SSSR count). The number of hydrogen-bond acceptors (Lipinski definition) is 11.